The van der Waals surface area contributed by atoms with E-state index in [-0.39, 0.29) is 23.8 Å². The van der Waals surface area contributed by atoms with Gasteiger partial charge in [0.25, 0.3) is 0 Å². The normalized spacial score (nSPS) is 11.1. The highest BCUT2D eigenvalue weighted by Crippen LogP contribution is 2.09. The summed E-state index contributed by atoms with van der Waals surface area (Å²) in [6.07, 6.45) is 2.23. The van der Waals surface area contributed by atoms with Crippen LogP contribution in [0.2, 0.25) is 0 Å². The molecule has 3 N–H and O–H groups in total. The van der Waals surface area contributed by atoms with E-state index < -0.39 is 10.0 Å². The quantitative estimate of drug-likeness (QED) is 0.642. The molecule has 1 rings (SSSR count). The fourth-order valence-corrected chi connectivity index (χ4v) is 2.40. The van der Waals surface area contributed by atoms with Crippen LogP contribution in [0.4, 0.5) is 5.82 Å². The van der Waals surface area contributed by atoms with E-state index >= 15 is 0 Å². The van der Waals surface area contributed by atoms with Gasteiger partial charge in [0.15, 0.2) is 0 Å². The standard InChI is InChI=1S/C12H20N4O3S/c1-3-7-14-12(17)6-8-16-20(18,19)10-4-5-11(13-2)15-9-10/h4-5,9,16H,3,6-8H2,1-2H3,(H,13,15)(H,14,17). The largest absolute Gasteiger partial charge is 0.373 e. The molecule has 8 heteroatoms. The Bertz CT molecular complexity index is 528. The molecular formula is C12H20N4O3S. The molecule has 20 heavy (non-hydrogen) atoms. The smallest absolute Gasteiger partial charge is 0.242 e. The van der Waals surface area contributed by atoms with Crippen molar-refractivity contribution in [1.82, 2.24) is 15.0 Å². The lowest BCUT2D eigenvalue weighted by atomic mass is 10.4. The molecule has 0 unspecified atom stereocenters. The first-order valence-corrected chi connectivity index (χ1v) is 7.88. The minimum atomic E-state index is -3.62. The van der Waals surface area contributed by atoms with Gasteiger partial charge in [0, 0.05) is 32.8 Å². The van der Waals surface area contributed by atoms with E-state index in [1.807, 2.05) is 6.92 Å². The number of nitrogens with zero attached hydrogens (tertiary/aromatic N) is 1. The first kappa shape index (κ1) is 16.4. The third-order valence-electron chi connectivity index (χ3n) is 2.52. The van der Waals surface area contributed by atoms with Gasteiger partial charge in [-0.25, -0.2) is 18.1 Å². The van der Waals surface area contributed by atoms with Gasteiger partial charge >= 0.3 is 0 Å². The Morgan fingerprint density at radius 1 is 1.30 bits per heavy atom. The maximum Gasteiger partial charge on any atom is 0.242 e. The van der Waals surface area contributed by atoms with Crippen molar-refractivity contribution in [3.8, 4) is 0 Å². The number of hydrogen-bond acceptors (Lipinski definition) is 5. The summed E-state index contributed by atoms with van der Waals surface area (Å²) in [5.41, 5.74) is 0. The molecule has 0 bridgehead atoms. The molecule has 0 saturated heterocycles. The van der Waals surface area contributed by atoms with Crippen LogP contribution in [0, 0.1) is 0 Å². The molecule has 1 aromatic heterocycles. The minimum absolute atomic E-state index is 0.0612. The van der Waals surface area contributed by atoms with Gasteiger partial charge in [0.2, 0.25) is 15.9 Å². The van der Waals surface area contributed by atoms with Crippen molar-refractivity contribution in [2.24, 2.45) is 0 Å². The van der Waals surface area contributed by atoms with Crippen molar-refractivity contribution in [2.75, 3.05) is 25.5 Å². The summed E-state index contributed by atoms with van der Waals surface area (Å²) in [5, 5.41) is 5.48. The summed E-state index contributed by atoms with van der Waals surface area (Å²) in [6, 6.07) is 3.03. The van der Waals surface area contributed by atoms with Crippen LogP contribution in [0.5, 0.6) is 0 Å². The number of anilines is 1. The number of aromatic nitrogens is 1. The number of pyridine rings is 1. The molecule has 0 aliphatic heterocycles. The van der Waals surface area contributed by atoms with Gasteiger partial charge in [0.05, 0.1) is 0 Å². The third kappa shape index (κ3) is 5.14. The van der Waals surface area contributed by atoms with Crippen LogP contribution in [-0.4, -0.2) is 39.4 Å². The van der Waals surface area contributed by atoms with Gasteiger partial charge in [-0.2, -0.15) is 0 Å². The molecule has 0 aliphatic rings. The minimum Gasteiger partial charge on any atom is -0.373 e. The molecule has 112 valence electrons. The maximum atomic E-state index is 11.9. The first-order chi connectivity index (χ1) is 9.49. The molecule has 0 aliphatic carbocycles. The highest BCUT2D eigenvalue weighted by Gasteiger charge is 2.14. The zero-order valence-corrected chi connectivity index (χ0v) is 12.5. The monoisotopic (exact) mass is 300 g/mol. The molecule has 0 saturated carbocycles. The van der Waals surface area contributed by atoms with Crippen molar-refractivity contribution in [3.05, 3.63) is 18.3 Å². The van der Waals surface area contributed by atoms with Crippen LogP contribution in [0.15, 0.2) is 23.2 Å². The van der Waals surface area contributed by atoms with Crippen molar-refractivity contribution >= 4 is 21.7 Å². The van der Waals surface area contributed by atoms with Crippen LogP contribution in [0.3, 0.4) is 0 Å². The Labute approximate surface area is 119 Å². The summed E-state index contributed by atoms with van der Waals surface area (Å²) in [6.45, 7) is 2.61. The van der Waals surface area contributed by atoms with Crippen LogP contribution in [0.25, 0.3) is 0 Å². The average Bonchev–Trinajstić information content (AvgIpc) is 2.45. The SMILES string of the molecule is CCCNC(=O)CCNS(=O)(=O)c1ccc(NC)nc1. The Hall–Kier alpha value is -1.67. The second-order valence-electron chi connectivity index (χ2n) is 4.13. The number of rotatable bonds is 8. The molecule has 1 aromatic rings. The number of nitrogens with one attached hydrogen (secondary N) is 3. The first-order valence-electron chi connectivity index (χ1n) is 6.39. The predicted octanol–water partition coefficient (Wildman–Crippen LogP) is 0.318. The lowest BCUT2D eigenvalue weighted by Gasteiger charge is -2.07. The van der Waals surface area contributed by atoms with Crippen LogP contribution < -0.4 is 15.4 Å². The molecule has 0 aromatic carbocycles. The topological polar surface area (TPSA) is 100 Å². The Kier molecular flexibility index (Phi) is 6.40. The molecule has 1 heterocycles. The molecule has 0 fully saturated rings. The van der Waals surface area contributed by atoms with Crippen molar-refractivity contribution in [3.63, 3.8) is 0 Å². The lowest BCUT2D eigenvalue weighted by Crippen LogP contribution is -2.31. The van der Waals surface area contributed by atoms with Crippen molar-refractivity contribution in [1.29, 1.82) is 0 Å². The number of carbonyl (C=O) groups is 1. The van der Waals surface area contributed by atoms with Crippen LogP contribution in [-0.2, 0) is 14.8 Å². The van der Waals surface area contributed by atoms with E-state index in [1.54, 1.807) is 13.1 Å². The lowest BCUT2D eigenvalue weighted by molar-refractivity contribution is -0.120. The molecule has 1 amide bonds. The maximum absolute atomic E-state index is 11.9. The summed E-state index contributed by atoms with van der Waals surface area (Å²) < 4.78 is 26.2. The van der Waals surface area contributed by atoms with Crippen molar-refractivity contribution < 1.29 is 13.2 Å². The van der Waals surface area contributed by atoms with E-state index in [4.69, 9.17) is 0 Å². The zero-order valence-electron chi connectivity index (χ0n) is 11.6. The van der Waals surface area contributed by atoms with E-state index in [0.29, 0.717) is 12.4 Å². The Balaban J connectivity index is 2.50. The van der Waals surface area contributed by atoms with E-state index in [9.17, 15) is 13.2 Å². The van der Waals surface area contributed by atoms with E-state index in [0.717, 1.165) is 6.42 Å². The van der Waals surface area contributed by atoms with Gasteiger partial charge in [0.1, 0.15) is 10.7 Å². The fourth-order valence-electron chi connectivity index (χ4n) is 1.42. The summed E-state index contributed by atoms with van der Waals surface area (Å²) in [7, 11) is -1.92. The molecule has 0 radical (unpaired) electrons. The second-order valence-corrected chi connectivity index (χ2v) is 5.89. The van der Waals surface area contributed by atoms with Gasteiger partial charge in [-0.05, 0) is 18.6 Å². The Morgan fingerprint density at radius 3 is 2.60 bits per heavy atom. The highest BCUT2D eigenvalue weighted by atomic mass is 32.2. The molecule has 7 nitrogen and oxygen atoms in total. The van der Waals surface area contributed by atoms with Gasteiger partial charge in [-0.3, -0.25) is 4.79 Å². The van der Waals surface area contributed by atoms with Crippen LogP contribution in [0.1, 0.15) is 19.8 Å². The average molecular weight is 300 g/mol. The van der Waals surface area contributed by atoms with Gasteiger partial charge in [-0.15, -0.1) is 0 Å². The fraction of sp³-hybridized carbons (Fsp3) is 0.500. The predicted molar refractivity (Wildman–Crippen MR) is 76.9 cm³/mol. The summed E-state index contributed by atoms with van der Waals surface area (Å²) >= 11 is 0. The number of sulfonamides is 1. The van der Waals surface area contributed by atoms with Gasteiger partial charge in [-0.1, -0.05) is 6.92 Å². The number of amides is 1. The molecule has 0 atom stereocenters. The van der Waals surface area contributed by atoms with E-state index in [1.165, 1.54) is 12.3 Å². The van der Waals surface area contributed by atoms with Crippen molar-refractivity contribution in [2.45, 2.75) is 24.7 Å². The van der Waals surface area contributed by atoms with Gasteiger partial charge < -0.3 is 10.6 Å². The number of hydrogen-bond donors (Lipinski definition) is 3. The summed E-state index contributed by atoms with van der Waals surface area (Å²) in [4.78, 5) is 15.4. The third-order valence-corrected chi connectivity index (χ3v) is 3.97. The Morgan fingerprint density at radius 2 is 2.05 bits per heavy atom. The zero-order chi connectivity index (χ0) is 15.0. The molecule has 0 spiro atoms. The van der Waals surface area contributed by atoms with Crippen LogP contribution >= 0.6 is 0 Å². The summed E-state index contributed by atoms with van der Waals surface area (Å²) in [5.74, 6) is 0.418. The number of carbonyl (C=O) groups excluding carboxylic acids is 1. The highest BCUT2D eigenvalue weighted by molar-refractivity contribution is 7.89. The van der Waals surface area contributed by atoms with E-state index in [2.05, 4.69) is 20.3 Å². The molecular weight excluding hydrogens is 280 g/mol. The second kappa shape index (κ2) is 7.81.